The largest absolute Gasteiger partial charge is 0.485 e. The highest BCUT2D eigenvalue weighted by Gasteiger charge is 2.47. The van der Waals surface area contributed by atoms with Crippen LogP contribution in [0.4, 0.5) is 4.39 Å². The van der Waals surface area contributed by atoms with Crippen molar-refractivity contribution < 1.29 is 28.5 Å². The van der Waals surface area contributed by atoms with E-state index in [0.29, 0.717) is 28.6 Å². The molecule has 2 fully saturated rings. The Morgan fingerprint density at radius 2 is 1.98 bits per heavy atom. The number of hydrogen-bond acceptors (Lipinski definition) is 6. The quantitative estimate of drug-likeness (QED) is 0.306. The summed E-state index contributed by atoms with van der Waals surface area (Å²) in [5.74, 6) is 1.12. The highest BCUT2D eigenvalue weighted by molar-refractivity contribution is 6.30. The van der Waals surface area contributed by atoms with Crippen molar-refractivity contribution in [2.75, 3.05) is 19.8 Å². The van der Waals surface area contributed by atoms with Crippen molar-refractivity contribution in [3.05, 3.63) is 88.0 Å². The predicted molar refractivity (Wildman–Crippen MR) is 153 cm³/mol. The van der Waals surface area contributed by atoms with Gasteiger partial charge in [-0.15, -0.1) is 0 Å². The average molecular weight is 590 g/mol. The average Bonchev–Trinajstić information content (AvgIpc) is 3.32. The SMILES string of the molecule is O=C(O)c1ccc2nc3n(c2c1)C([C@@H]1CCO1)[C@H]1CC(c2cccc4c2O[C@@H](c2ccc(Cl)cc2F)CO4)CCN1C3. The summed E-state index contributed by atoms with van der Waals surface area (Å²) in [4.78, 5) is 19.2. The Balaban J connectivity index is 1.14. The molecule has 0 aliphatic carbocycles. The van der Waals surface area contributed by atoms with Gasteiger partial charge in [0, 0.05) is 28.8 Å². The molecule has 42 heavy (non-hydrogen) atoms. The van der Waals surface area contributed by atoms with E-state index in [9.17, 15) is 14.3 Å². The zero-order valence-corrected chi connectivity index (χ0v) is 23.5. The van der Waals surface area contributed by atoms with Crippen LogP contribution in [-0.2, 0) is 11.3 Å². The topological polar surface area (TPSA) is 86.0 Å². The minimum absolute atomic E-state index is 0.00645. The normalized spacial score (nSPS) is 26.8. The van der Waals surface area contributed by atoms with Gasteiger partial charge >= 0.3 is 5.97 Å². The van der Waals surface area contributed by atoms with Gasteiger partial charge in [0.1, 0.15) is 18.2 Å². The number of imidazole rings is 1. The predicted octanol–water partition coefficient (Wildman–Crippen LogP) is 6.13. The van der Waals surface area contributed by atoms with Crippen LogP contribution in [0.15, 0.2) is 54.6 Å². The van der Waals surface area contributed by atoms with Gasteiger partial charge in [0.25, 0.3) is 0 Å². The summed E-state index contributed by atoms with van der Waals surface area (Å²) < 4.78 is 35.7. The zero-order chi connectivity index (χ0) is 28.5. The van der Waals surface area contributed by atoms with Gasteiger partial charge in [0.05, 0.1) is 35.3 Å². The molecule has 0 amide bonds. The molecule has 4 aromatic rings. The molecule has 8 rings (SSSR count). The van der Waals surface area contributed by atoms with E-state index >= 15 is 0 Å². The smallest absolute Gasteiger partial charge is 0.335 e. The number of aromatic nitrogens is 2. The van der Waals surface area contributed by atoms with Crippen molar-refractivity contribution in [2.24, 2.45) is 0 Å². The van der Waals surface area contributed by atoms with E-state index < -0.39 is 17.9 Å². The van der Waals surface area contributed by atoms with Gasteiger partial charge in [0.15, 0.2) is 17.6 Å². The molecule has 8 nitrogen and oxygen atoms in total. The van der Waals surface area contributed by atoms with Gasteiger partial charge in [-0.1, -0.05) is 29.8 Å². The van der Waals surface area contributed by atoms with Gasteiger partial charge in [-0.2, -0.15) is 0 Å². The van der Waals surface area contributed by atoms with Crippen LogP contribution in [0.1, 0.15) is 64.6 Å². The molecule has 10 heteroatoms. The number of aromatic carboxylic acids is 1. The molecule has 3 aromatic carbocycles. The highest BCUT2D eigenvalue weighted by atomic mass is 35.5. The molecule has 0 saturated carbocycles. The third-order valence-electron chi connectivity index (χ3n) is 9.33. The third-order valence-corrected chi connectivity index (χ3v) is 9.57. The molecule has 0 bridgehead atoms. The van der Waals surface area contributed by atoms with Crippen LogP contribution in [0.5, 0.6) is 11.5 Å². The number of halogens is 2. The fraction of sp³-hybridized carbons (Fsp3) is 0.375. The summed E-state index contributed by atoms with van der Waals surface area (Å²) in [6, 6.07) is 16.0. The van der Waals surface area contributed by atoms with Crippen LogP contribution in [0, 0.1) is 5.82 Å². The summed E-state index contributed by atoms with van der Waals surface area (Å²) >= 11 is 5.99. The van der Waals surface area contributed by atoms with Crippen LogP contribution in [0.3, 0.4) is 0 Å². The van der Waals surface area contributed by atoms with Crippen LogP contribution in [0.2, 0.25) is 5.02 Å². The van der Waals surface area contributed by atoms with Crippen molar-refractivity contribution in [1.82, 2.24) is 14.5 Å². The highest BCUT2D eigenvalue weighted by Crippen LogP contribution is 2.49. The Morgan fingerprint density at radius 1 is 1.10 bits per heavy atom. The van der Waals surface area contributed by atoms with Crippen LogP contribution < -0.4 is 9.47 Å². The molecular formula is C32H29ClFN3O5. The number of carboxylic acids is 1. The molecule has 0 spiro atoms. The maximum atomic E-state index is 14.8. The second-order valence-electron chi connectivity index (χ2n) is 11.6. The number of ether oxygens (including phenoxy) is 3. The Bertz CT molecular complexity index is 1720. The summed E-state index contributed by atoms with van der Waals surface area (Å²) in [6.45, 7) is 2.51. The third kappa shape index (κ3) is 4.17. The molecule has 2 saturated heterocycles. The number of hydrogen-bond donors (Lipinski definition) is 1. The van der Waals surface area contributed by atoms with Gasteiger partial charge in [0.2, 0.25) is 0 Å². The summed E-state index contributed by atoms with van der Waals surface area (Å²) in [6.07, 6.45) is 2.19. The first-order valence-corrected chi connectivity index (χ1v) is 14.8. The maximum absolute atomic E-state index is 14.8. The zero-order valence-electron chi connectivity index (χ0n) is 22.7. The van der Waals surface area contributed by atoms with E-state index in [1.807, 2.05) is 12.1 Å². The Labute approximate surface area is 246 Å². The first-order chi connectivity index (χ1) is 20.4. The summed E-state index contributed by atoms with van der Waals surface area (Å²) in [5, 5.41) is 10.0. The molecule has 0 radical (unpaired) electrons. The van der Waals surface area contributed by atoms with Crippen LogP contribution >= 0.6 is 11.6 Å². The lowest BCUT2D eigenvalue weighted by Crippen LogP contribution is -2.55. The van der Waals surface area contributed by atoms with E-state index in [2.05, 4.69) is 15.5 Å². The maximum Gasteiger partial charge on any atom is 0.335 e. The van der Waals surface area contributed by atoms with E-state index in [0.717, 1.165) is 54.8 Å². The number of benzene rings is 3. The number of piperidine rings is 1. The van der Waals surface area contributed by atoms with Gasteiger partial charge in [-0.05, 0) is 68.1 Å². The molecular weight excluding hydrogens is 561 g/mol. The van der Waals surface area contributed by atoms with Crippen molar-refractivity contribution in [3.8, 4) is 11.5 Å². The van der Waals surface area contributed by atoms with Gasteiger partial charge in [-0.3, -0.25) is 4.90 Å². The minimum Gasteiger partial charge on any atom is -0.485 e. The van der Waals surface area contributed by atoms with Gasteiger partial charge < -0.3 is 23.9 Å². The fourth-order valence-corrected chi connectivity index (χ4v) is 7.40. The molecule has 2 unspecified atom stereocenters. The van der Waals surface area contributed by atoms with Crippen molar-refractivity contribution in [1.29, 1.82) is 0 Å². The second kappa shape index (κ2) is 9.97. The lowest BCUT2D eigenvalue weighted by molar-refractivity contribution is -0.112. The number of carbonyl (C=O) groups is 1. The number of carboxylic acid groups (broad SMARTS) is 1. The molecule has 5 atom stereocenters. The first kappa shape index (κ1) is 26.0. The fourth-order valence-electron chi connectivity index (χ4n) is 7.24. The lowest BCUT2D eigenvalue weighted by Gasteiger charge is -2.51. The number of rotatable bonds is 4. The van der Waals surface area contributed by atoms with E-state index in [1.165, 1.54) is 6.07 Å². The van der Waals surface area contributed by atoms with Crippen LogP contribution in [-0.4, -0.2) is 57.4 Å². The number of para-hydroxylation sites is 1. The number of fused-ring (bicyclic) bond motifs is 5. The molecule has 5 heterocycles. The molecule has 4 aliphatic rings. The Kier molecular flexibility index (Phi) is 6.17. The Hall–Kier alpha value is -3.66. The van der Waals surface area contributed by atoms with Crippen LogP contribution in [0.25, 0.3) is 11.0 Å². The first-order valence-electron chi connectivity index (χ1n) is 14.4. The lowest BCUT2D eigenvalue weighted by atomic mass is 9.79. The summed E-state index contributed by atoms with van der Waals surface area (Å²) in [5.41, 5.74) is 3.38. The monoisotopic (exact) mass is 589 g/mol. The van der Waals surface area contributed by atoms with Crippen molar-refractivity contribution >= 4 is 28.6 Å². The standard InChI is InChI=1S/C32H29ClFN3O5/c33-19-5-6-21(22(34)14-19)28-16-41-27-3-1-2-20(31(27)42-28)17-8-10-36-15-29-35-23-7-4-18(32(38)39)13-24(23)37(29)30(25(36)12-17)26-9-11-40-26/h1-7,13-14,17,25-26,28,30H,8-12,15-16H2,(H,38,39)/t17?,25-,26+,28-,30?/m1/s1. The van der Waals surface area contributed by atoms with E-state index in [4.69, 9.17) is 30.8 Å². The molecule has 4 aliphatic heterocycles. The number of nitrogens with zero attached hydrogens (tertiary/aromatic N) is 3. The molecule has 1 aromatic heterocycles. The van der Waals surface area contributed by atoms with Gasteiger partial charge in [-0.25, -0.2) is 14.2 Å². The molecule has 1 N–H and O–H groups in total. The minimum atomic E-state index is -0.952. The summed E-state index contributed by atoms with van der Waals surface area (Å²) in [7, 11) is 0. The van der Waals surface area contributed by atoms with Crippen molar-refractivity contribution in [3.63, 3.8) is 0 Å². The van der Waals surface area contributed by atoms with E-state index in [1.54, 1.807) is 30.3 Å². The second-order valence-corrected chi connectivity index (χ2v) is 12.0. The molecule has 216 valence electrons. The Morgan fingerprint density at radius 3 is 2.76 bits per heavy atom. The van der Waals surface area contributed by atoms with Crippen molar-refractivity contribution in [2.45, 2.75) is 56.0 Å². The van der Waals surface area contributed by atoms with E-state index in [-0.39, 0.29) is 36.3 Å².